The van der Waals surface area contributed by atoms with Gasteiger partial charge in [-0.2, -0.15) is 0 Å². The summed E-state index contributed by atoms with van der Waals surface area (Å²) in [5, 5.41) is 4.91. The van der Waals surface area contributed by atoms with Gasteiger partial charge in [-0.1, -0.05) is 34.1 Å². The van der Waals surface area contributed by atoms with Gasteiger partial charge >= 0.3 is 0 Å². The largest absolute Gasteiger partial charge is 0.368 e. The van der Waals surface area contributed by atoms with E-state index in [1.54, 1.807) is 23.3 Å². The Bertz CT molecular complexity index is 706. The molecular weight excluding hydrogens is 390 g/mol. The van der Waals surface area contributed by atoms with Crippen molar-refractivity contribution in [3.05, 3.63) is 56.7 Å². The Balaban J connectivity index is 2.03. The molecule has 128 valence electrons. The minimum Gasteiger partial charge on any atom is -0.368 e. The SMILES string of the molecule is C[C@H](NC(=O)CN(C)[C@H](C(N)=O)c1cccc(Br)c1)c1cccs1. The van der Waals surface area contributed by atoms with Crippen LogP contribution in [0.5, 0.6) is 0 Å². The second-order valence-electron chi connectivity index (χ2n) is 5.58. The number of nitrogens with one attached hydrogen (secondary N) is 1. The van der Waals surface area contributed by atoms with E-state index in [0.717, 1.165) is 14.9 Å². The van der Waals surface area contributed by atoms with Gasteiger partial charge in [-0.05, 0) is 43.1 Å². The summed E-state index contributed by atoms with van der Waals surface area (Å²) in [7, 11) is 1.71. The average Bonchev–Trinajstić information content (AvgIpc) is 3.00. The number of benzene rings is 1. The number of carbonyl (C=O) groups is 2. The Labute approximate surface area is 154 Å². The molecule has 0 saturated carbocycles. The smallest absolute Gasteiger partial charge is 0.239 e. The molecule has 1 heterocycles. The summed E-state index contributed by atoms with van der Waals surface area (Å²) in [6.07, 6.45) is 0. The van der Waals surface area contributed by atoms with Crippen LogP contribution in [0.1, 0.15) is 29.4 Å². The average molecular weight is 410 g/mol. The summed E-state index contributed by atoms with van der Waals surface area (Å²) >= 11 is 4.98. The van der Waals surface area contributed by atoms with Crippen LogP contribution < -0.4 is 11.1 Å². The third-order valence-electron chi connectivity index (χ3n) is 3.62. The van der Waals surface area contributed by atoms with Crippen molar-refractivity contribution in [1.29, 1.82) is 0 Å². The van der Waals surface area contributed by atoms with Gasteiger partial charge in [0.25, 0.3) is 0 Å². The molecule has 1 aromatic carbocycles. The number of carbonyl (C=O) groups excluding carboxylic acids is 2. The number of primary amides is 1. The molecule has 0 fully saturated rings. The molecule has 7 heteroatoms. The Kier molecular flexibility index (Phi) is 6.53. The molecule has 0 aliphatic carbocycles. The van der Waals surface area contributed by atoms with Crippen LogP contribution in [0.15, 0.2) is 46.3 Å². The van der Waals surface area contributed by atoms with Crippen molar-refractivity contribution in [2.75, 3.05) is 13.6 Å². The first-order valence-corrected chi connectivity index (χ1v) is 9.13. The van der Waals surface area contributed by atoms with Crippen molar-refractivity contribution in [1.82, 2.24) is 10.2 Å². The van der Waals surface area contributed by atoms with E-state index in [4.69, 9.17) is 5.73 Å². The van der Waals surface area contributed by atoms with Crippen molar-refractivity contribution < 1.29 is 9.59 Å². The zero-order valence-electron chi connectivity index (χ0n) is 13.5. The van der Waals surface area contributed by atoms with Crippen LogP contribution in [0.25, 0.3) is 0 Å². The normalized spacial score (nSPS) is 13.5. The molecule has 0 saturated heterocycles. The minimum absolute atomic E-state index is 0.0659. The van der Waals surface area contributed by atoms with Crippen molar-refractivity contribution in [2.24, 2.45) is 5.73 Å². The van der Waals surface area contributed by atoms with Gasteiger partial charge in [0, 0.05) is 9.35 Å². The highest BCUT2D eigenvalue weighted by molar-refractivity contribution is 9.10. The number of amides is 2. The zero-order valence-corrected chi connectivity index (χ0v) is 15.9. The molecule has 2 amide bonds. The van der Waals surface area contributed by atoms with Crippen LogP contribution in [0.4, 0.5) is 0 Å². The molecule has 2 atom stereocenters. The first-order valence-electron chi connectivity index (χ1n) is 7.46. The molecule has 0 unspecified atom stereocenters. The Hall–Kier alpha value is -1.70. The lowest BCUT2D eigenvalue weighted by Crippen LogP contribution is -2.42. The Morgan fingerprint density at radius 3 is 2.67 bits per heavy atom. The Morgan fingerprint density at radius 1 is 1.33 bits per heavy atom. The monoisotopic (exact) mass is 409 g/mol. The van der Waals surface area contributed by atoms with Crippen LogP contribution in [-0.2, 0) is 9.59 Å². The van der Waals surface area contributed by atoms with Crippen LogP contribution in [0, 0.1) is 0 Å². The van der Waals surface area contributed by atoms with Crippen molar-refractivity contribution in [2.45, 2.75) is 19.0 Å². The quantitative estimate of drug-likeness (QED) is 0.737. The number of halogens is 1. The fourth-order valence-electron chi connectivity index (χ4n) is 2.53. The fraction of sp³-hybridized carbons (Fsp3) is 0.294. The van der Waals surface area contributed by atoms with Crippen molar-refractivity contribution >= 4 is 39.1 Å². The number of thiophene rings is 1. The van der Waals surface area contributed by atoms with E-state index >= 15 is 0 Å². The van der Waals surface area contributed by atoms with E-state index in [1.807, 2.05) is 48.7 Å². The molecule has 0 radical (unpaired) electrons. The van der Waals surface area contributed by atoms with Gasteiger partial charge in [0.15, 0.2) is 0 Å². The highest BCUT2D eigenvalue weighted by atomic mass is 79.9. The maximum atomic E-state index is 12.3. The molecular formula is C17H20BrN3O2S. The summed E-state index contributed by atoms with van der Waals surface area (Å²) in [5.74, 6) is -0.644. The topological polar surface area (TPSA) is 75.4 Å². The highest BCUT2D eigenvalue weighted by Crippen LogP contribution is 2.23. The summed E-state index contributed by atoms with van der Waals surface area (Å²) in [6, 6.07) is 10.6. The number of nitrogens with zero attached hydrogens (tertiary/aromatic N) is 1. The number of rotatable bonds is 7. The lowest BCUT2D eigenvalue weighted by atomic mass is 10.1. The minimum atomic E-state index is -0.662. The van der Waals surface area contributed by atoms with Gasteiger partial charge in [0.05, 0.1) is 12.6 Å². The van der Waals surface area contributed by atoms with Gasteiger partial charge in [-0.15, -0.1) is 11.3 Å². The van der Waals surface area contributed by atoms with E-state index in [9.17, 15) is 9.59 Å². The predicted octanol–water partition coefficient (Wildman–Crippen LogP) is 2.85. The maximum Gasteiger partial charge on any atom is 0.239 e. The van der Waals surface area contributed by atoms with Gasteiger partial charge in [0.1, 0.15) is 6.04 Å². The van der Waals surface area contributed by atoms with E-state index in [-0.39, 0.29) is 18.5 Å². The molecule has 3 N–H and O–H groups in total. The molecule has 0 bridgehead atoms. The first kappa shape index (κ1) is 18.6. The first-order chi connectivity index (χ1) is 11.4. The lowest BCUT2D eigenvalue weighted by molar-refractivity contribution is -0.126. The molecule has 1 aromatic heterocycles. The molecule has 0 spiro atoms. The second kappa shape index (κ2) is 8.41. The van der Waals surface area contributed by atoms with Gasteiger partial charge in [-0.25, -0.2) is 0 Å². The molecule has 2 aromatic rings. The highest BCUT2D eigenvalue weighted by Gasteiger charge is 2.25. The van der Waals surface area contributed by atoms with Crippen LogP contribution >= 0.6 is 27.3 Å². The van der Waals surface area contributed by atoms with E-state index in [0.29, 0.717) is 0 Å². The lowest BCUT2D eigenvalue weighted by Gasteiger charge is -2.26. The molecule has 0 aliphatic rings. The molecule has 5 nitrogen and oxygen atoms in total. The van der Waals surface area contributed by atoms with Crippen LogP contribution in [-0.4, -0.2) is 30.3 Å². The van der Waals surface area contributed by atoms with Crippen molar-refractivity contribution in [3.8, 4) is 0 Å². The predicted molar refractivity (Wildman–Crippen MR) is 99.6 cm³/mol. The second-order valence-corrected chi connectivity index (χ2v) is 7.47. The number of hydrogen-bond acceptors (Lipinski definition) is 4. The number of nitrogens with two attached hydrogens (primary N) is 1. The third kappa shape index (κ3) is 4.90. The zero-order chi connectivity index (χ0) is 17.7. The summed E-state index contributed by atoms with van der Waals surface area (Å²) in [6.45, 7) is 2.01. The summed E-state index contributed by atoms with van der Waals surface area (Å²) in [4.78, 5) is 26.9. The van der Waals surface area contributed by atoms with Crippen molar-refractivity contribution in [3.63, 3.8) is 0 Å². The number of likely N-dealkylation sites (N-methyl/N-ethyl adjacent to an activating group) is 1. The van der Waals surface area contributed by atoms with E-state index < -0.39 is 11.9 Å². The fourth-order valence-corrected chi connectivity index (χ4v) is 3.68. The molecule has 24 heavy (non-hydrogen) atoms. The maximum absolute atomic E-state index is 12.3. The third-order valence-corrected chi connectivity index (χ3v) is 5.16. The summed E-state index contributed by atoms with van der Waals surface area (Å²) in [5.41, 5.74) is 6.30. The van der Waals surface area contributed by atoms with E-state index in [1.165, 1.54) is 0 Å². The Morgan fingerprint density at radius 2 is 2.08 bits per heavy atom. The van der Waals surface area contributed by atoms with Gasteiger partial charge in [-0.3, -0.25) is 14.5 Å². The molecule has 2 rings (SSSR count). The van der Waals surface area contributed by atoms with Crippen LogP contribution in [0.3, 0.4) is 0 Å². The summed E-state index contributed by atoms with van der Waals surface area (Å²) < 4.78 is 0.857. The van der Waals surface area contributed by atoms with Crippen LogP contribution in [0.2, 0.25) is 0 Å². The molecule has 0 aliphatic heterocycles. The van der Waals surface area contributed by atoms with E-state index in [2.05, 4.69) is 21.2 Å². The van der Waals surface area contributed by atoms with Gasteiger partial charge < -0.3 is 11.1 Å². The van der Waals surface area contributed by atoms with Gasteiger partial charge in [0.2, 0.25) is 11.8 Å². The standard InChI is InChI=1S/C17H20BrN3O2S/c1-11(14-7-4-8-24-14)20-15(22)10-21(2)16(17(19)23)12-5-3-6-13(18)9-12/h3-9,11,16H,10H2,1-2H3,(H2,19,23)(H,20,22)/t11-,16-/m0/s1. The number of hydrogen-bond donors (Lipinski definition) is 2.